The van der Waals surface area contributed by atoms with E-state index >= 15 is 0 Å². The van der Waals surface area contributed by atoms with Gasteiger partial charge in [0.2, 0.25) is 0 Å². The van der Waals surface area contributed by atoms with Crippen LogP contribution in [0.3, 0.4) is 0 Å². The highest BCUT2D eigenvalue weighted by Crippen LogP contribution is 2.30. The molecular formula is C14H19BrF2N2. The van der Waals surface area contributed by atoms with Crippen LogP contribution in [0.15, 0.2) is 16.6 Å². The maximum absolute atomic E-state index is 13.9. The lowest BCUT2D eigenvalue weighted by Gasteiger charge is -2.42. The van der Waals surface area contributed by atoms with Crippen LogP contribution in [0.4, 0.5) is 8.78 Å². The molecule has 106 valence electrons. The average Bonchev–Trinajstić information content (AvgIpc) is 2.34. The Hall–Kier alpha value is -0.520. The lowest BCUT2D eigenvalue weighted by atomic mass is 9.79. The number of hydrogen-bond acceptors (Lipinski definition) is 2. The van der Waals surface area contributed by atoms with E-state index in [-0.39, 0.29) is 23.6 Å². The van der Waals surface area contributed by atoms with Crippen molar-refractivity contribution in [3.63, 3.8) is 0 Å². The second-order valence-electron chi connectivity index (χ2n) is 5.92. The molecule has 19 heavy (non-hydrogen) atoms. The molecule has 1 unspecified atom stereocenters. The molecule has 0 radical (unpaired) electrons. The molecule has 0 amide bonds. The molecule has 2 nitrogen and oxygen atoms in total. The number of hydrogen-bond donors (Lipinski definition) is 1. The summed E-state index contributed by atoms with van der Waals surface area (Å²) < 4.78 is 28.0. The molecule has 0 aliphatic carbocycles. The van der Waals surface area contributed by atoms with Crippen LogP contribution in [0.5, 0.6) is 0 Å². The van der Waals surface area contributed by atoms with Gasteiger partial charge >= 0.3 is 0 Å². The van der Waals surface area contributed by atoms with Crippen LogP contribution < -0.4 is 5.73 Å². The monoisotopic (exact) mass is 332 g/mol. The number of piperidine rings is 1. The van der Waals surface area contributed by atoms with Gasteiger partial charge in [0.1, 0.15) is 11.6 Å². The SMILES string of the molecule is CC1(C)CN(Cc2c(F)ccc(Br)c2F)CCC1N. The number of halogens is 3. The largest absolute Gasteiger partial charge is 0.327 e. The summed E-state index contributed by atoms with van der Waals surface area (Å²) in [6, 6.07) is 2.83. The lowest BCUT2D eigenvalue weighted by Crippen LogP contribution is -2.52. The minimum Gasteiger partial charge on any atom is -0.327 e. The molecule has 1 aliphatic heterocycles. The van der Waals surface area contributed by atoms with Crippen LogP contribution in [0.1, 0.15) is 25.8 Å². The van der Waals surface area contributed by atoms with Gasteiger partial charge in [-0.25, -0.2) is 8.78 Å². The molecule has 1 aromatic carbocycles. The summed E-state index contributed by atoms with van der Waals surface area (Å²) in [5, 5.41) is 0. The number of likely N-dealkylation sites (tertiary alicyclic amines) is 1. The van der Waals surface area contributed by atoms with Crippen molar-refractivity contribution in [2.24, 2.45) is 11.1 Å². The number of nitrogens with zero attached hydrogens (tertiary/aromatic N) is 1. The van der Waals surface area contributed by atoms with Gasteiger partial charge < -0.3 is 5.73 Å². The third kappa shape index (κ3) is 3.15. The molecule has 2 N–H and O–H groups in total. The molecule has 0 spiro atoms. The number of rotatable bonds is 2. The predicted molar refractivity (Wildman–Crippen MR) is 75.7 cm³/mol. The van der Waals surface area contributed by atoms with Crippen LogP contribution in [0.2, 0.25) is 0 Å². The van der Waals surface area contributed by atoms with E-state index in [0.29, 0.717) is 4.47 Å². The van der Waals surface area contributed by atoms with Gasteiger partial charge in [0.25, 0.3) is 0 Å². The van der Waals surface area contributed by atoms with Gasteiger partial charge in [-0.2, -0.15) is 0 Å². The van der Waals surface area contributed by atoms with Crippen LogP contribution >= 0.6 is 15.9 Å². The topological polar surface area (TPSA) is 29.3 Å². The summed E-state index contributed by atoms with van der Waals surface area (Å²) in [7, 11) is 0. The first kappa shape index (κ1) is 14.9. The van der Waals surface area contributed by atoms with Gasteiger partial charge in [0, 0.05) is 31.2 Å². The highest BCUT2D eigenvalue weighted by atomic mass is 79.9. The van der Waals surface area contributed by atoms with Gasteiger partial charge in [-0.1, -0.05) is 13.8 Å². The van der Waals surface area contributed by atoms with Crippen molar-refractivity contribution in [3.05, 3.63) is 33.8 Å². The number of benzene rings is 1. The fraction of sp³-hybridized carbons (Fsp3) is 0.571. The molecule has 1 aromatic rings. The molecule has 0 saturated carbocycles. The third-order valence-corrected chi connectivity index (χ3v) is 4.52. The minimum absolute atomic E-state index is 0.0305. The highest BCUT2D eigenvalue weighted by molar-refractivity contribution is 9.10. The minimum atomic E-state index is -0.507. The van der Waals surface area contributed by atoms with Crippen molar-refractivity contribution in [2.75, 3.05) is 13.1 Å². The van der Waals surface area contributed by atoms with Gasteiger partial charge in [-0.15, -0.1) is 0 Å². The maximum Gasteiger partial charge on any atom is 0.144 e. The van der Waals surface area contributed by atoms with Crippen LogP contribution in [0.25, 0.3) is 0 Å². The summed E-state index contributed by atoms with van der Waals surface area (Å²) in [5.74, 6) is -0.999. The maximum atomic E-state index is 13.9. The Bertz CT molecular complexity index is 477. The van der Waals surface area contributed by atoms with Crippen LogP contribution in [0, 0.1) is 17.0 Å². The Balaban J connectivity index is 2.17. The smallest absolute Gasteiger partial charge is 0.144 e. The fourth-order valence-electron chi connectivity index (χ4n) is 2.56. The molecule has 0 bridgehead atoms. The average molecular weight is 333 g/mol. The van der Waals surface area contributed by atoms with E-state index < -0.39 is 11.6 Å². The van der Waals surface area contributed by atoms with Gasteiger partial charge in [0.15, 0.2) is 0 Å². The molecular weight excluding hydrogens is 314 g/mol. The van der Waals surface area contributed by atoms with E-state index in [9.17, 15) is 8.78 Å². The van der Waals surface area contributed by atoms with E-state index in [1.54, 1.807) is 0 Å². The van der Waals surface area contributed by atoms with Gasteiger partial charge in [-0.05, 0) is 39.9 Å². The fourth-order valence-corrected chi connectivity index (χ4v) is 2.93. The van der Waals surface area contributed by atoms with Gasteiger partial charge in [0.05, 0.1) is 4.47 Å². The van der Waals surface area contributed by atoms with Crippen molar-refractivity contribution >= 4 is 15.9 Å². The van der Waals surface area contributed by atoms with E-state index in [2.05, 4.69) is 34.7 Å². The summed E-state index contributed by atoms with van der Waals surface area (Å²) in [5.41, 5.74) is 6.16. The van der Waals surface area contributed by atoms with Crippen LogP contribution in [-0.2, 0) is 6.54 Å². The molecule has 1 atom stereocenters. The quantitative estimate of drug-likeness (QED) is 0.842. The lowest BCUT2D eigenvalue weighted by molar-refractivity contribution is 0.0880. The third-order valence-electron chi connectivity index (χ3n) is 3.91. The second kappa shape index (κ2) is 5.46. The van der Waals surface area contributed by atoms with Crippen molar-refractivity contribution in [3.8, 4) is 0 Å². The highest BCUT2D eigenvalue weighted by Gasteiger charge is 2.33. The summed E-state index contributed by atoms with van der Waals surface area (Å²) >= 11 is 3.10. The Morgan fingerprint density at radius 3 is 2.74 bits per heavy atom. The molecule has 2 rings (SSSR count). The summed E-state index contributed by atoms with van der Waals surface area (Å²) in [6.07, 6.45) is 0.851. The molecule has 1 fully saturated rings. The van der Waals surface area contributed by atoms with Crippen molar-refractivity contribution in [1.29, 1.82) is 0 Å². The van der Waals surface area contributed by atoms with Crippen molar-refractivity contribution in [1.82, 2.24) is 4.90 Å². The molecule has 5 heteroatoms. The van der Waals surface area contributed by atoms with E-state index in [1.807, 2.05) is 0 Å². The first-order valence-corrected chi connectivity index (χ1v) is 7.21. The normalized spacial score (nSPS) is 23.6. The van der Waals surface area contributed by atoms with Crippen molar-refractivity contribution < 1.29 is 8.78 Å². The zero-order chi connectivity index (χ0) is 14.2. The Labute approximate surface area is 121 Å². The first-order valence-electron chi connectivity index (χ1n) is 6.41. The molecule has 1 aliphatic rings. The Morgan fingerprint density at radius 2 is 2.11 bits per heavy atom. The Kier molecular flexibility index (Phi) is 4.28. The molecule has 0 aromatic heterocycles. The predicted octanol–water partition coefficient (Wildman–Crippen LogP) is 3.29. The zero-order valence-corrected chi connectivity index (χ0v) is 12.8. The van der Waals surface area contributed by atoms with Crippen molar-refractivity contribution in [2.45, 2.75) is 32.9 Å². The van der Waals surface area contributed by atoms with E-state index in [4.69, 9.17) is 5.73 Å². The summed E-state index contributed by atoms with van der Waals surface area (Å²) in [4.78, 5) is 2.07. The molecule has 1 saturated heterocycles. The Morgan fingerprint density at radius 1 is 1.42 bits per heavy atom. The standard InChI is InChI=1S/C14H19BrF2N2/c1-14(2)8-19(6-5-12(14)18)7-9-11(16)4-3-10(15)13(9)17/h3-4,12H,5-8,18H2,1-2H3. The molecule has 1 heterocycles. The summed E-state index contributed by atoms with van der Waals surface area (Å²) in [6.45, 7) is 6.00. The van der Waals surface area contributed by atoms with Gasteiger partial charge in [-0.3, -0.25) is 4.90 Å². The zero-order valence-electron chi connectivity index (χ0n) is 11.2. The first-order chi connectivity index (χ1) is 8.81. The van der Waals surface area contributed by atoms with Crippen LogP contribution in [-0.4, -0.2) is 24.0 Å². The van der Waals surface area contributed by atoms with E-state index in [1.165, 1.54) is 12.1 Å². The second-order valence-corrected chi connectivity index (χ2v) is 6.77. The number of nitrogens with two attached hydrogens (primary N) is 1. The van der Waals surface area contributed by atoms with E-state index in [0.717, 1.165) is 19.5 Å².